The van der Waals surface area contributed by atoms with Crippen molar-refractivity contribution in [1.29, 1.82) is 0 Å². The summed E-state index contributed by atoms with van der Waals surface area (Å²) in [7, 11) is -1.91. The van der Waals surface area contributed by atoms with Crippen LogP contribution in [0, 0.1) is 19.8 Å². The van der Waals surface area contributed by atoms with Crippen molar-refractivity contribution in [1.82, 2.24) is 24.7 Å². The summed E-state index contributed by atoms with van der Waals surface area (Å²) in [5.74, 6) is -0.838. The lowest BCUT2D eigenvalue weighted by Gasteiger charge is -2.14. The van der Waals surface area contributed by atoms with Crippen LogP contribution in [0.2, 0.25) is 0 Å². The zero-order valence-corrected chi connectivity index (χ0v) is 22.5. The van der Waals surface area contributed by atoms with E-state index in [1.807, 2.05) is 27.8 Å². The summed E-state index contributed by atoms with van der Waals surface area (Å²) >= 11 is 0. The number of H-pyrrole nitrogens is 1. The molecule has 13 heteroatoms. The Hall–Kier alpha value is -3.87. The van der Waals surface area contributed by atoms with Gasteiger partial charge in [-0.2, -0.15) is 5.10 Å². The number of pyridine rings is 1. The van der Waals surface area contributed by atoms with Crippen LogP contribution in [0.25, 0.3) is 16.7 Å². The lowest BCUT2D eigenvalue weighted by atomic mass is 10.0. The maximum atomic E-state index is 13.4. The van der Waals surface area contributed by atoms with Crippen molar-refractivity contribution in [2.24, 2.45) is 13.0 Å². The average molecular weight is 546 g/mol. The number of carbonyl (C=O) groups is 1. The Labute approximate surface area is 218 Å². The highest BCUT2D eigenvalue weighted by atomic mass is 32.2. The number of amides is 1. The molecule has 0 saturated heterocycles. The van der Waals surface area contributed by atoms with Gasteiger partial charge >= 0.3 is 0 Å². The second-order valence-electron chi connectivity index (χ2n) is 9.36. The van der Waals surface area contributed by atoms with Crippen molar-refractivity contribution in [3.05, 3.63) is 58.2 Å². The SMILES string of the molecule is C=C(/C(=C\C=C(/C)c1c(C)nn(C)c1C)Nc1cc(NC(=O)C2CC2)nc2[nH]c(C(F)F)nc12)S(C)(=O)=O. The molecule has 1 aliphatic rings. The van der Waals surface area contributed by atoms with Crippen molar-refractivity contribution < 1.29 is 22.0 Å². The zero-order chi connectivity index (χ0) is 27.9. The van der Waals surface area contributed by atoms with Crippen molar-refractivity contribution in [3.63, 3.8) is 0 Å². The fourth-order valence-electron chi connectivity index (χ4n) is 4.03. The highest BCUT2D eigenvalue weighted by Crippen LogP contribution is 2.33. The monoisotopic (exact) mass is 545 g/mol. The van der Waals surface area contributed by atoms with Crippen LogP contribution in [0.3, 0.4) is 0 Å². The molecule has 3 aromatic heterocycles. The van der Waals surface area contributed by atoms with Gasteiger partial charge in [0.15, 0.2) is 21.3 Å². The van der Waals surface area contributed by atoms with E-state index in [-0.39, 0.29) is 45.1 Å². The Morgan fingerprint density at radius 3 is 2.47 bits per heavy atom. The van der Waals surface area contributed by atoms with Crippen LogP contribution < -0.4 is 10.6 Å². The molecule has 1 aliphatic carbocycles. The molecular formula is C25H29F2N7O3S. The number of sulfone groups is 1. The minimum Gasteiger partial charge on any atom is -0.352 e. The molecule has 38 heavy (non-hydrogen) atoms. The number of aromatic nitrogens is 5. The number of nitrogens with zero attached hydrogens (tertiary/aromatic N) is 4. The fourth-order valence-corrected chi connectivity index (χ4v) is 4.55. The Balaban J connectivity index is 1.81. The summed E-state index contributed by atoms with van der Waals surface area (Å²) in [6.45, 7) is 9.40. The van der Waals surface area contributed by atoms with Gasteiger partial charge in [0.05, 0.1) is 22.0 Å². The van der Waals surface area contributed by atoms with Gasteiger partial charge < -0.3 is 15.6 Å². The Bertz CT molecular complexity index is 1610. The van der Waals surface area contributed by atoms with Crippen molar-refractivity contribution in [2.75, 3.05) is 16.9 Å². The number of rotatable bonds is 9. The Kier molecular flexibility index (Phi) is 7.24. The normalized spacial score (nSPS) is 14.8. The molecule has 3 aromatic rings. The van der Waals surface area contributed by atoms with Gasteiger partial charge in [-0.05, 0) is 45.3 Å². The molecule has 0 aromatic carbocycles. The number of alkyl halides is 2. The second kappa shape index (κ2) is 10.1. The van der Waals surface area contributed by atoms with Crippen molar-refractivity contribution in [3.8, 4) is 0 Å². The van der Waals surface area contributed by atoms with Gasteiger partial charge in [0, 0.05) is 36.5 Å². The molecule has 10 nitrogen and oxygen atoms in total. The van der Waals surface area contributed by atoms with Gasteiger partial charge in [-0.1, -0.05) is 12.7 Å². The van der Waals surface area contributed by atoms with Crippen molar-refractivity contribution in [2.45, 2.75) is 40.0 Å². The van der Waals surface area contributed by atoms with Crippen LogP contribution in [0.15, 0.2) is 35.4 Å². The molecular weight excluding hydrogens is 516 g/mol. The molecule has 1 saturated carbocycles. The molecule has 0 bridgehead atoms. The number of imidazole rings is 1. The third-order valence-corrected chi connectivity index (χ3v) is 7.41. The predicted octanol–water partition coefficient (Wildman–Crippen LogP) is 4.55. The molecule has 0 spiro atoms. The van der Waals surface area contributed by atoms with E-state index in [9.17, 15) is 22.0 Å². The second-order valence-corrected chi connectivity index (χ2v) is 11.4. The van der Waals surface area contributed by atoms with Gasteiger partial charge in [-0.15, -0.1) is 0 Å². The molecule has 1 amide bonds. The predicted molar refractivity (Wildman–Crippen MR) is 142 cm³/mol. The van der Waals surface area contributed by atoms with Gasteiger partial charge in [-0.3, -0.25) is 9.48 Å². The van der Waals surface area contributed by atoms with E-state index in [0.29, 0.717) is 0 Å². The standard InChI is InChI=1S/C25H29F2N7O3S/c1-12(20-13(2)33-34(5)14(20)3)7-10-17(15(4)38(6,36)37)28-18-11-19(30-25(35)16-8-9-16)29-23-21(18)31-24(32-23)22(26)27/h7,10-11,16,22H,4,8-9H2,1-3,5-6H3,(H3,28,29,30,31,32,35)/b12-7+,17-10+. The number of nitrogens with one attached hydrogen (secondary N) is 3. The number of fused-ring (bicyclic) bond motifs is 1. The van der Waals surface area contributed by atoms with Gasteiger partial charge in [0.2, 0.25) is 5.91 Å². The Morgan fingerprint density at radius 1 is 1.24 bits per heavy atom. The first-order chi connectivity index (χ1) is 17.8. The first-order valence-electron chi connectivity index (χ1n) is 11.8. The molecule has 0 unspecified atom stereocenters. The maximum absolute atomic E-state index is 13.4. The van der Waals surface area contributed by atoms with Crippen LogP contribution in [-0.2, 0) is 21.7 Å². The summed E-state index contributed by atoms with van der Waals surface area (Å²) in [6.07, 6.45) is 2.92. The van der Waals surface area contributed by atoms with Crippen LogP contribution in [0.1, 0.15) is 49.0 Å². The van der Waals surface area contributed by atoms with E-state index in [0.717, 1.165) is 41.6 Å². The van der Waals surface area contributed by atoms with E-state index >= 15 is 0 Å². The van der Waals surface area contributed by atoms with Gasteiger partial charge in [-0.25, -0.2) is 27.2 Å². The molecule has 4 rings (SSSR count). The number of aromatic amines is 1. The fraction of sp³-hybridized carbons (Fsp3) is 0.360. The molecule has 3 heterocycles. The Morgan fingerprint density at radius 2 is 1.92 bits per heavy atom. The highest BCUT2D eigenvalue weighted by Gasteiger charge is 2.30. The molecule has 202 valence electrons. The molecule has 1 fully saturated rings. The number of halogens is 2. The van der Waals surface area contributed by atoms with Crippen LogP contribution in [0.4, 0.5) is 20.3 Å². The maximum Gasteiger partial charge on any atom is 0.295 e. The third kappa shape index (κ3) is 5.67. The first-order valence-corrected chi connectivity index (χ1v) is 13.7. The van der Waals surface area contributed by atoms with Gasteiger partial charge in [0.1, 0.15) is 11.3 Å². The topological polar surface area (TPSA) is 135 Å². The number of aryl methyl sites for hydroxylation is 2. The smallest absolute Gasteiger partial charge is 0.295 e. The summed E-state index contributed by atoms with van der Waals surface area (Å²) in [6, 6.07) is 1.42. The largest absolute Gasteiger partial charge is 0.352 e. The number of hydrogen-bond donors (Lipinski definition) is 3. The van der Waals surface area contributed by atoms with Crippen LogP contribution >= 0.6 is 0 Å². The summed E-state index contributed by atoms with van der Waals surface area (Å²) < 4.78 is 53.5. The van der Waals surface area contributed by atoms with Gasteiger partial charge in [0.25, 0.3) is 6.43 Å². The molecule has 3 N–H and O–H groups in total. The van der Waals surface area contributed by atoms with Crippen LogP contribution in [0.5, 0.6) is 0 Å². The number of carbonyl (C=O) groups excluding carboxylic acids is 1. The highest BCUT2D eigenvalue weighted by molar-refractivity contribution is 7.94. The molecule has 0 radical (unpaired) electrons. The van der Waals surface area contributed by atoms with E-state index in [4.69, 9.17) is 0 Å². The quantitative estimate of drug-likeness (QED) is 0.336. The van der Waals surface area contributed by atoms with E-state index in [1.165, 1.54) is 6.07 Å². The zero-order valence-electron chi connectivity index (χ0n) is 21.7. The lowest BCUT2D eigenvalue weighted by Crippen LogP contribution is -2.15. The van der Waals surface area contributed by atoms with E-state index < -0.39 is 22.1 Å². The first kappa shape index (κ1) is 27.2. The molecule has 0 atom stereocenters. The van der Waals surface area contributed by atoms with E-state index in [2.05, 4.69) is 37.3 Å². The third-order valence-electron chi connectivity index (χ3n) is 6.30. The summed E-state index contributed by atoms with van der Waals surface area (Å²) in [5.41, 5.74) is 3.81. The van der Waals surface area contributed by atoms with Crippen molar-refractivity contribution >= 4 is 44.0 Å². The average Bonchev–Trinajstić information content (AvgIpc) is 3.53. The minimum atomic E-state index is -3.75. The molecule has 0 aliphatic heterocycles. The number of allylic oxidation sites excluding steroid dienone is 3. The summed E-state index contributed by atoms with van der Waals surface area (Å²) in [4.78, 5) is 22.7. The van der Waals surface area contributed by atoms with E-state index in [1.54, 1.807) is 16.8 Å². The lowest BCUT2D eigenvalue weighted by molar-refractivity contribution is -0.117. The van der Waals surface area contributed by atoms with Crippen LogP contribution in [-0.4, -0.2) is 45.3 Å². The summed E-state index contributed by atoms with van der Waals surface area (Å²) in [5, 5.41) is 10.1. The minimum absolute atomic E-state index is 0.00838. The number of hydrogen-bond acceptors (Lipinski definition) is 7. The number of anilines is 2.